The molecule has 0 bridgehead atoms. The Morgan fingerprint density at radius 1 is 0.842 bits per heavy atom. The first-order chi connectivity index (χ1) is 18.4. The minimum absolute atomic E-state index is 0.214. The number of benzene rings is 2. The average molecular weight is 530 g/mol. The highest BCUT2D eigenvalue weighted by Gasteiger charge is 2.30. The smallest absolute Gasteiger partial charge is 0.396 e. The molecule has 0 aliphatic carbocycles. The zero-order chi connectivity index (χ0) is 26.8. The van der Waals surface area contributed by atoms with Gasteiger partial charge in [-0.05, 0) is 41.7 Å². The fourth-order valence-electron chi connectivity index (χ4n) is 4.29. The molecule has 1 saturated heterocycles. The fraction of sp³-hybridized carbons (Fsp3) is 0.444. The van der Waals surface area contributed by atoms with Gasteiger partial charge in [0.15, 0.2) is 0 Å². The Labute approximate surface area is 220 Å². The second kappa shape index (κ2) is 13.4. The van der Waals surface area contributed by atoms with Crippen molar-refractivity contribution < 1.29 is 18.3 Å². The summed E-state index contributed by atoms with van der Waals surface area (Å²) in [5.41, 5.74) is 1.79. The van der Waals surface area contributed by atoms with Crippen molar-refractivity contribution in [3.05, 3.63) is 59.7 Å². The molecule has 8 nitrogen and oxygen atoms in total. The van der Waals surface area contributed by atoms with E-state index in [1.54, 1.807) is 0 Å². The predicted molar refractivity (Wildman–Crippen MR) is 143 cm³/mol. The summed E-state index contributed by atoms with van der Waals surface area (Å²) in [6.45, 7) is 4.61. The summed E-state index contributed by atoms with van der Waals surface area (Å²) < 4.78 is 39.0. The maximum atomic E-state index is 13.0. The summed E-state index contributed by atoms with van der Waals surface area (Å²) in [6.07, 6.45) is -0.633. The Bertz CT molecular complexity index is 1150. The van der Waals surface area contributed by atoms with Crippen LogP contribution in [-0.2, 0) is 12.7 Å². The summed E-state index contributed by atoms with van der Waals surface area (Å²) in [6, 6.07) is 12.8. The Morgan fingerprint density at radius 2 is 1.53 bits per heavy atom. The lowest BCUT2D eigenvalue weighted by Crippen LogP contribution is -2.44. The molecule has 2 aromatic carbocycles. The van der Waals surface area contributed by atoms with Crippen LogP contribution in [-0.4, -0.2) is 59.4 Å². The zero-order valence-electron chi connectivity index (χ0n) is 21.3. The van der Waals surface area contributed by atoms with Gasteiger partial charge in [0.2, 0.25) is 17.8 Å². The van der Waals surface area contributed by atoms with Crippen LogP contribution in [0.25, 0.3) is 11.1 Å². The van der Waals surface area contributed by atoms with Crippen molar-refractivity contribution in [1.82, 2.24) is 20.3 Å². The number of hydrogen-bond donors (Lipinski definition) is 4. The maximum Gasteiger partial charge on any atom is 0.416 e. The SMILES string of the molecule is OCCCCCCNc1nc(NCc2ccccc2-c2ccc(C(F)(F)F)cc2)nc(N2CCNCC2)n1. The lowest BCUT2D eigenvalue weighted by atomic mass is 9.98. The van der Waals surface area contributed by atoms with Crippen molar-refractivity contribution in [2.45, 2.75) is 38.4 Å². The van der Waals surface area contributed by atoms with Gasteiger partial charge in [-0.2, -0.15) is 28.1 Å². The van der Waals surface area contributed by atoms with Gasteiger partial charge in [0.1, 0.15) is 0 Å². The molecular weight excluding hydrogens is 495 g/mol. The van der Waals surface area contributed by atoms with Crippen LogP contribution in [0.4, 0.5) is 31.0 Å². The van der Waals surface area contributed by atoms with Crippen molar-refractivity contribution in [2.24, 2.45) is 0 Å². The van der Waals surface area contributed by atoms with Gasteiger partial charge in [0.05, 0.1) is 5.56 Å². The molecule has 38 heavy (non-hydrogen) atoms. The van der Waals surface area contributed by atoms with E-state index in [4.69, 9.17) is 5.11 Å². The maximum absolute atomic E-state index is 13.0. The molecule has 1 aliphatic heterocycles. The monoisotopic (exact) mass is 529 g/mol. The van der Waals surface area contributed by atoms with Gasteiger partial charge in [-0.1, -0.05) is 49.2 Å². The van der Waals surface area contributed by atoms with Crippen LogP contribution < -0.4 is 20.9 Å². The summed E-state index contributed by atoms with van der Waals surface area (Å²) in [7, 11) is 0. The highest BCUT2D eigenvalue weighted by atomic mass is 19.4. The van der Waals surface area contributed by atoms with Crippen molar-refractivity contribution in [2.75, 3.05) is 54.9 Å². The zero-order valence-corrected chi connectivity index (χ0v) is 21.3. The molecule has 1 fully saturated rings. The van der Waals surface area contributed by atoms with Crippen molar-refractivity contribution in [3.8, 4) is 11.1 Å². The molecule has 0 amide bonds. The van der Waals surface area contributed by atoms with E-state index in [-0.39, 0.29) is 6.61 Å². The van der Waals surface area contributed by atoms with Crippen molar-refractivity contribution >= 4 is 17.8 Å². The van der Waals surface area contributed by atoms with Crippen LogP contribution in [0, 0.1) is 0 Å². The number of nitrogens with zero attached hydrogens (tertiary/aromatic N) is 4. The first-order valence-corrected chi connectivity index (χ1v) is 13.0. The van der Waals surface area contributed by atoms with Crippen LogP contribution >= 0.6 is 0 Å². The quantitative estimate of drug-likeness (QED) is 0.254. The largest absolute Gasteiger partial charge is 0.416 e. The van der Waals surface area contributed by atoms with E-state index in [0.717, 1.165) is 75.1 Å². The number of unbranched alkanes of at least 4 members (excludes halogenated alkanes) is 3. The molecule has 0 unspecified atom stereocenters. The van der Waals surface area contributed by atoms with E-state index >= 15 is 0 Å². The third-order valence-corrected chi connectivity index (χ3v) is 6.37. The molecule has 1 aliphatic rings. The Hall–Kier alpha value is -3.44. The first kappa shape index (κ1) is 27.6. The van der Waals surface area contributed by atoms with E-state index in [2.05, 4.69) is 35.8 Å². The van der Waals surface area contributed by atoms with Gasteiger partial charge in [-0.15, -0.1) is 0 Å². The number of aliphatic hydroxyl groups is 1. The molecule has 0 saturated carbocycles. The predicted octanol–water partition coefficient (Wildman–Crippen LogP) is 4.54. The lowest BCUT2D eigenvalue weighted by molar-refractivity contribution is -0.137. The number of nitrogens with one attached hydrogen (secondary N) is 3. The number of halogens is 3. The fourth-order valence-corrected chi connectivity index (χ4v) is 4.29. The highest BCUT2D eigenvalue weighted by molar-refractivity contribution is 5.68. The van der Waals surface area contributed by atoms with E-state index in [0.29, 0.717) is 36.5 Å². The normalized spacial score (nSPS) is 13.9. The van der Waals surface area contributed by atoms with Gasteiger partial charge in [0.25, 0.3) is 0 Å². The molecule has 2 heterocycles. The van der Waals surface area contributed by atoms with Gasteiger partial charge in [-0.25, -0.2) is 0 Å². The van der Waals surface area contributed by atoms with Gasteiger partial charge >= 0.3 is 6.18 Å². The van der Waals surface area contributed by atoms with Crippen LogP contribution in [0.1, 0.15) is 36.8 Å². The second-order valence-electron chi connectivity index (χ2n) is 9.17. The molecule has 204 valence electrons. The van der Waals surface area contributed by atoms with Gasteiger partial charge < -0.3 is 26.0 Å². The number of aromatic nitrogens is 3. The van der Waals surface area contributed by atoms with Crippen LogP contribution in [0.3, 0.4) is 0 Å². The lowest BCUT2D eigenvalue weighted by Gasteiger charge is -2.27. The van der Waals surface area contributed by atoms with Crippen molar-refractivity contribution in [3.63, 3.8) is 0 Å². The molecule has 3 aromatic rings. The van der Waals surface area contributed by atoms with E-state index in [1.165, 1.54) is 12.1 Å². The molecule has 0 radical (unpaired) electrons. The molecule has 4 N–H and O–H groups in total. The van der Waals surface area contributed by atoms with Crippen LogP contribution in [0.5, 0.6) is 0 Å². The minimum Gasteiger partial charge on any atom is -0.396 e. The molecule has 0 atom stereocenters. The van der Waals surface area contributed by atoms with Crippen molar-refractivity contribution in [1.29, 1.82) is 0 Å². The minimum atomic E-state index is -4.37. The third kappa shape index (κ3) is 7.78. The number of rotatable bonds is 12. The van der Waals surface area contributed by atoms with Crippen LogP contribution in [0.15, 0.2) is 48.5 Å². The first-order valence-electron chi connectivity index (χ1n) is 13.0. The Morgan fingerprint density at radius 3 is 2.24 bits per heavy atom. The summed E-state index contributed by atoms with van der Waals surface area (Å²) in [4.78, 5) is 16.0. The molecule has 4 rings (SSSR count). The topological polar surface area (TPSA) is 98.2 Å². The number of anilines is 3. The van der Waals surface area contributed by atoms with E-state index < -0.39 is 11.7 Å². The number of aliphatic hydroxyl groups excluding tert-OH is 1. The molecule has 0 spiro atoms. The number of piperazine rings is 1. The summed E-state index contributed by atoms with van der Waals surface area (Å²) in [5.74, 6) is 1.52. The van der Waals surface area contributed by atoms with Gasteiger partial charge in [-0.3, -0.25) is 0 Å². The number of alkyl halides is 3. The standard InChI is InChI=1S/C27H34F3N7O/c28-27(29,30)22-11-9-20(10-12-22)23-8-4-3-7-21(23)19-33-25-34-24(32-13-5-1-2-6-18-38)35-26(36-25)37-16-14-31-15-17-37/h3-4,7-12,31,38H,1-2,5-6,13-19H2,(H2,32,33,34,35,36). The number of hydrogen-bond acceptors (Lipinski definition) is 8. The van der Waals surface area contributed by atoms with E-state index in [1.807, 2.05) is 24.3 Å². The second-order valence-corrected chi connectivity index (χ2v) is 9.17. The van der Waals surface area contributed by atoms with Crippen LogP contribution in [0.2, 0.25) is 0 Å². The Kier molecular flexibility index (Phi) is 9.72. The summed E-state index contributed by atoms with van der Waals surface area (Å²) >= 11 is 0. The Balaban J connectivity index is 1.48. The molecular formula is C27H34F3N7O. The molecule has 1 aromatic heterocycles. The highest BCUT2D eigenvalue weighted by Crippen LogP contribution is 2.32. The summed E-state index contributed by atoms with van der Waals surface area (Å²) in [5, 5.41) is 18.9. The third-order valence-electron chi connectivity index (χ3n) is 6.37. The van der Waals surface area contributed by atoms with E-state index in [9.17, 15) is 13.2 Å². The average Bonchev–Trinajstić information content (AvgIpc) is 2.94. The molecule has 11 heteroatoms. The van der Waals surface area contributed by atoms with Gasteiger partial charge in [0, 0.05) is 45.9 Å².